The second-order valence-corrected chi connectivity index (χ2v) is 8.08. The average Bonchev–Trinajstić information content (AvgIpc) is 3.13. The molecule has 0 aliphatic rings. The molecular formula is C22H20ClN5O5. The molecule has 0 aliphatic carbocycles. The van der Waals surface area contributed by atoms with E-state index in [1.165, 1.54) is 4.52 Å². The third-order valence-electron chi connectivity index (χ3n) is 5.19. The zero-order valence-electron chi connectivity index (χ0n) is 17.7. The van der Waals surface area contributed by atoms with Crippen LogP contribution in [0.1, 0.15) is 21.5 Å². The zero-order valence-corrected chi connectivity index (χ0v) is 18.5. The lowest BCUT2D eigenvalue weighted by atomic mass is 10.0. The summed E-state index contributed by atoms with van der Waals surface area (Å²) in [7, 11) is 3.78. The maximum atomic E-state index is 12.7. The Morgan fingerprint density at radius 3 is 2.52 bits per heavy atom. The van der Waals surface area contributed by atoms with Gasteiger partial charge in [0.05, 0.1) is 11.0 Å². The smallest absolute Gasteiger partial charge is 0.322 e. The van der Waals surface area contributed by atoms with Crippen molar-refractivity contribution >= 4 is 45.8 Å². The molecule has 2 aromatic carbocycles. The molecule has 0 fully saturated rings. The van der Waals surface area contributed by atoms with Crippen LogP contribution in [0.5, 0.6) is 5.75 Å². The number of aliphatic carboxylic acids is 1. The maximum absolute atomic E-state index is 12.7. The van der Waals surface area contributed by atoms with E-state index >= 15 is 0 Å². The molecule has 10 nitrogen and oxygen atoms in total. The number of hydrogen-bond acceptors (Lipinski definition) is 6. The molecule has 1 amide bonds. The predicted molar refractivity (Wildman–Crippen MR) is 124 cm³/mol. The lowest BCUT2D eigenvalue weighted by molar-refractivity contribution is -0.135. The Labute approximate surface area is 192 Å². The van der Waals surface area contributed by atoms with E-state index in [0.717, 1.165) is 16.8 Å². The van der Waals surface area contributed by atoms with Crippen molar-refractivity contribution in [1.29, 1.82) is 0 Å². The van der Waals surface area contributed by atoms with Crippen LogP contribution < -0.4 is 15.8 Å². The number of nitrogens with zero attached hydrogens (tertiary/aromatic N) is 3. The molecule has 0 saturated carbocycles. The highest BCUT2D eigenvalue weighted by Gasteiger charge is 2.24. The van der Waals surface area contributed by atoms with Crippen LogP contribution in [0, 0.1) is 0 Å². The van der Waals surface area contributed by atoms with Gasteiger partial charge >= 0.3 is 5.97 Å². The number of imidazole rings is 1. The summed E-state index contributed by atoms with van der Waals surface area (Å²) < 4.78 is 1.35. The summed E-state index contributed by atoms with van der Waals surface area (Å²) >= 11 is 6.01. The number of aromatic amines is 1. The van der Waals surface area contributed by atoms with Crippen molar-refractivity contribution < 1.29 is 19.8 Å². The number of fused-ring (bicyclic) bond motifs is 3. The Morgan fingerprint density at radius 2 is 1.88 bits per heavy atom. The number of H-pyrrole nitrogens is 1. The van der Waals surface area contributed by atoms with Crippen molar-refractivity contribution in [2.45, 2.75) is 6.42 Å². The van der Waals surface area contributed by atoms with Gasteiger partial charge in [-0.2, -0.15) is 0 Å². The van der Waals surface area contributed by atoms with E-state index in [2.05, 4.69) is 15.4 Å². The number of halogens is 1. The Morgan fingerprint density at radius 1 is 1.18 bits per heavy atom. The molecule has 0 unspecified atom stereocenters. The summed E-state index contributed by atoms with van der Waals surface area (Å²) in [4.78, 5) is 42.1. The molecule has 2 heterocycles. The number of hydrogen-bond donors (Lipinski definition) is 4. The maximum Gasteiger partial charge on any atom is 0.322 e. The summed E-state index contributed by atoms with van der Waals surface area (Å²) in [6.45, 7) is -0.698. The van der Waals surface area contributed by atoms with Gasteiger partial charge in [-0.05, 0) is 29.8 Å². The largest absolute Gasteiger partial charge is 0.504 e. The number of rotatable bonds is 6. The molecule has 4 rings (SSSR count). The van der Waals surface area contributed by atoms with E-state index in [0.29, 0.717) is 22.5 Å². The predicted octanol–water partition coefficient (Wildman–Crippen LogP) is 2.01. The third-order valence-corrected chi connectivity index (χ3v) is 5.44. The SMILES string of the molecule is CN(C)c1ccc2nc3c(O)c(C(=O)NCC(=O)O)c(=O)[nH]n3c2c1Cc1ccc(Cl)cc1. The summed E-state index contributed by atoms with van der Waals surface area (Å²) in [6, 6.07) is 11.0. The monoisotopic (exact) mass is 469 g/mol. The number of nitrogens with one attached hydrogen (secondary N) is 2. The van der Waals surface area contributed by atoms with Crippen LogP contribution >= 0.6 is 11.6 Å². The molecule has 170 valence electrons. The molecule has 11 heteroatoms. The normalized spacial score (nSPS) is 11.1. The van der Waals surface area contributed by atoms with Crippen molar-refractivity contribution in [3.05, 3.63) is 68.5 Å². The first-order chi connectivity index (χ1) is 15.7. The number of carboxylic acid groups (broad SMARTS) is 1. The van der Waals surface area contributed by atoms with Gasteiger partial charge < -0.3 is 20.4 Å². The quantitative estimate of drug-likeness (QED) is 0.338. The molecule has 2 aromatic heterocycles. The van der Waals surface area contributed by atoms with Gasteiger partial charge in [-0.3, -0.25) is 19.5 Å². The van der Waals surface area contributed by atoms with E-state index < -0.39 is 35.3 Å². The number of benzene rings is 2. The first-order valence-corrected chi connectivity index (χ1v) is 10.3. The minimum Gasteiger partial charge on any atom is -0.504 e. The van der Waals surface area contributed by atoms with Gasteiger partial charge in [0.1, 0.15) is 6.54 Å². The number of amides is 1. The lowest BCUT2D eigenvalue weighted by Crippen LogP contribution is -2.34. The van der Waals surface area contributed by atoms with Crippen LogP contribution in [0.4, 0.5) is 5.69 Å². The number of aromatic hydroxyl groups is 1. The van der Waals surface area contributed by atoms with Crippen LogP contribution in [-0.4, -0.2) is 57.3 Å². The third kappa shape index (κ3) is 4.08. The average molecular weight is 470 g/mol. The Balaban J connectivity index is 1.95. The highest BCUT2D eigenvalue weighted by atomic mass is 35.5. The van der Waals surface area contributed by atoms with E-state index in [1.807, 2.05) is 37.2 Å². The van der Waals surface area contributed by atoms with Crippen molar-refractivity contribution in [2.24, 2.45) is 0 Å². The van der Waals surface area contributed by atoms with Crippen molar-refractivity contribution in [3.63, 3.8) is 0 Å². The van der Waals surface area contributed by atoms with Gasteiger partial charge in [0.25, 0.3) is 11.5 Å². The number of carboxylic acids is 1. The first kappa shape index (κ1) is 22.2. The fourth-order valence-corrected chi connectivity index (χ4v) is 3.85. The number of anilines is 1. The van der Waals surface area contributed by atoms with E-state index in [9.17, 15) is 19.5 Å². The van der Waals surface area contributed by atoms with Gasteiger partial charge in [0, 0.05) is 36.8 Å². The van der Waals surface area contributed by atoms with Gasteiger partial charge in [0.15, 0.2) is 17.0 Å². The topological polar surface area (TPSA) is 140 Å². The van der Waals surface area contributed by atoms with Crippen LogP contribution in [0.25, 0.3) is 16.7 Å². The molecule has 4 N–H and O–H groups in total. The van der Waals surface area contributed by atoms with E-state index in [1.54, 1.807) is 18.2 Å². The molecule has 0 radical (unpaired) electrons. The number of carbonyl (C=O) groups excluding carboxylic acids is 1. The Kier molecular flexibility index (Phi) is 5.69. The van der Waals surface area contributed by atoms with E-state index in [4.69, 9.17) is 16.7 Å². The lowest BCUT2D eigenvalue weighted by Gasteiger charge is -2.18. The Bertz CT molecular complexity index is 1460. The summed E-state index contributed by atoms with van der Waals surface area (Å²) in [5.41, 5.74) is 2.24. The molecule has 0 saturated heterocycles. The summed E-state index contributed by atoms with van der Waals surface area (Å²) in [5, 5.41) is 24.8. The van der Waals surface area contributed by atoms with Crippen molar-refractivity contribution in [3.8, 4) is 5.75 Å². The van der Waals surface area contributed by atoms with E-state index in [-0.39, 0.29) is 5.65 Å². The standard InChI is InChI=1S/C22H20ClN5O5/c1-27(2)15-8-7-14-18(13(15)9-11-3-5-12(23)6-4-11)28-20(25-14)19(31)17(22(33)26-28)21(32)24-10-16(29)30/h3-8,31H,9-10H2,1-2H3,(H,24,32)(H,26,33)(H,29,30). The summed E-state index contributed by atoms with van der Waals surface area (Å²) in [6.07, 6.45) is 0.486. The highest BCUT2D eigenvalue weighted by Crippen LogP contribution is 2.33. The minimum absolute atomic E-state index is 0.0293. The number of carbonyl (C=O) groups is 2. The highest BCUT2D eigenvalue weighted by molar-refractivity contribution is 6.30. The van der Waals surface area contributed by atoms with Crippen LogP contribution in [0.2, 0.25) is 5.02 Å². The molecular weight excluding hydrogens is 450 g/mol. The molecule has 0 bridgehead atoms. The number of aromatic nitrogens is 3. The molecule has 4 aromatic rings. The minimum atomic E-state index is -1.28. The molecule has 0 spiro atoms. The summed E-state index contributed by atoms with van der Waals surface area (Å²) in [5.74, 6) is -2.93. The van der Waals surface area contributed by atoms with Crippen molar-refractivity contribution in [1.82, 2.24) is 19.9 Å². The molecule has 0 aliphatic heterocycles. The second kappa shape index (κ2) is 8.47. The van der Waals surface area contributed by atoms with Crippen LogP contribution in [-0.2, 0) is 11.2 Å². The van der Waals surface area contributed by atoms with Gasteiger partial charge in [-0.1, -0.05) is 23.7 Å². The second-order valence-electron chi connectivity index (χ2n) is 7.64. The molecule has 33 heavy (non-hydrogen) atoms. The van der Waals surface area contributed by atoms with Crippen LogP contribution in [0.3, 0.4) is 0 Å². The Hall–Kier alpha value is -4.05. The fourth-order valence-electron chi connectivity index (χ4n) is 3.72. The van der Waals surface area contributed by atoms with Crippen LogP contribution in [0.15, 0.2) is 41.2 Å². The van der Waals surface area contributed by atoms with Crippen molar-refractivity contribution in [2.75, 3.05) is 25.5 Å². The zero-order chi connectivity index (χ0) is 23.9. The molecule has 0 atom stereocenters. The fraction of sp³-hybridized carbons (Fsp3) is 0.182. The van der Waals surface area contributed by atoms with Gasteiger partial charge in [-0.15, -0.1) is 0 Å². The van der Waals surface area contributed by atoms with Gasteiger partial charge in [0.2, 0.25) is 0 Å². The first-order valence-electron chi connectivity index (χ1n) is 9.88. The van der Waals surface area contributed by atoms with Gasteiger partial charge in [-0.25, -0.2) is 9.50 Å².